The summed E-state index contributed by atoms with van der Waals surface area (Å²) in [5.41, 5.74) is 1.39. The fourth-order valence-corrected chi connectivity index (χ4v) is 2.66. The highest BCUT2D eigenvalue weighted by atomic mass is 32.2. The van der Waals surface area contributed by atoms with E-state index in [2.05, 4.69) is 37.7 Å². The Morgan fingerprint density at radius 3 is 2.36 bits per heavy atom. The Bertz CT molecular complexity index is 188. The van der Waals surface area contributed by atoms with E-state index < -0.39 is 0 Å². The Morgan fingerprint density at radius 1 is 1.36 bits per heavy atom. The van der Waals surface area contributed by atoms with E-state index in [0.717, 1.165) is 6.42 Å². The lowest BCUT2D eigenvalue weighted by Crippen LogP contribution is -2.16. The van der Waals surface area contributed by atoms with Crippen LogP contribution in [0.15, 0.2) is 23.8 Å². The molecular weight excluding hydrogens is 172 g/mol. The van der Waals surface area contributed by atoms with Crippen molar-refractivity contribution in [3.63, 3.8) is 0 Å². The molecule has 1 aliphatic carbocycles. The van der Waals surface area contributed by atoms with Gasteiger partial charge in [-0.1, -0.05) is 23.8 Å². The first-order valence-corrected chi connectivity index (χ1v) is 6.14. The third-order valence-electron chi connectivity index (χ3n) is 2.00. The predicted octanol–water partition coefficient (Wildman–Crippen LogP) is 3.31. The molecule has 0 spiro atoms. The molecule has 0 saturated carbocycles. The van der Waals surface area contributed by atoms with Gasteiger partial charge in [-0.2, -0.15) is 0 Å². The van der Waals surface area contributed by atoms with Crippen LogP contribution in [0.4, 0.5) is 0 Å². The van der Waals surface area contributed by atoms with Crippen LogP contribution >= 0.6 is 23.5 Å². The van der Waals surface area contributed by atoms with Gasteiger partial charge in [-0.25, -0.2) is 0 Å². The summed E-state index contributed by atoms with van der Waals surface area (Å²) in [5, 5.41) is 0. The fraction of sp³-hybridized carbons (Fsp3) is 0.556. The van der Waals surface area contributed by atoms with Crippen molar-refractivity contribution in [2.24, 2.45) is 0 Å². The van der Waals surface area contributed by atoms with Crippen molar-refractivity contribution in [3.05, 3.63) is 23.8 Å². The molecule has 0 atom stereocenters. The van der Waals surface area contributed by atoms with Gasteiger partial charge in [0.25, 0.3) is 0 Å². The first kappa shape index (κ1) is 9.27. The Balaban J connectivity index is 2.71. The van der Waals surface area contributed by atoms with Crippen LogP contribution in [0.3, 0.4) is 0 Å². The van der Waals surface area contributed by atoms with Gasteiger partial charge in [0.2, 0.25) is 0 Å². The molecule has 2 heteroatoms. The van der Waals surface area contributed by atoms with Crippen LogP contribution < -0.4 is 0 Å². The van der Waals surface area contributed by atoms with Crippen molar-refractivity contribution in [3.8, 4) is 0 Å². The quantitative estimate of drug-likeness (QED) is 0.607. The molecule has 0 amide bonds. The Hall–Kier alpha value is 0.180. The maximum atomic E-state index is 2.32. The summed E-state index contributed by atoms with van der Waals surface area (Å²) >= 11 is 3.85. The van der Waals surface area contributed by atoms with Gasteiger partial charge in [0.1, 0.15) is 0 Å². The Labute approximate surface area is 77.5 Å². The van der Waals surface area contributed by atoms with Crippen molar-refractivity contribution in [1.82, 2.24) is 0 Å². The second-order valence-electron chi connectivity index (χ2n) is 2.71. The Morgan fingerprint density at radius 2 is 2.00 bits per heavy atom. The van der Waals surface area contributed by atoms with Crippen LogP contribution in [0.2, 0.25) is 0 Å². The molecule has 0 aromatic carbocycles. The number of thioether (sulfide) groups is 2. The molecule has 0 fully saturated rings. The van der Waals surface area contributed by atoms with E-state index in [1.165, 1.54) is 5.57 Å². The summed E-state index contributed by atoms with van der Waals surface area (Å²) in [6, 6.07) is 0. The zero-order valence-corrected chi connectivity index (χ0v) is 8.89. The maximum absolute atomic E-state index is 2.32. The standard InChI is InChI=1S/C9H14S2/c1-8-4-6-9(10-2,11-3)7-5-8/h4-6H,7H2,1-3H3. The van der Waals surface area contributed by atoms with Crippen molar-refractivity contribution >= 4 is 23.5 Å². The second kappa shape index (κ2) is 3.72. The minimum Gasteiger partial charge on any atom is -0.143 e. The fourth-order valence-electron chi connectivity index (χ4n) is 1.08. The number of rotatable bonds is 2. The SMILES string of the molecule is CSC1(SC)C=CC(C)=CC1. The molecule has 0 N–H and O–H groups in total. The monoisotopic (exact) mass is 186 g/mol. The van der Waals surface area contributed by atoms with E-state index in [-0.39, 0.29) is 0 Å². The summed E-state index contributed by atoms with van der Waals surface area (Å²) < 4.78 is 0.319. The lowest BCUT2D eigenvalue weighted by atomic mass is 10.1. The topological polar surface area (TPSA) is 0 Å². The van der Waals surface area contributed by atoms with E-state index in [1.54, 1.807) is 0 Å². The molecule has 0 unspecified atom stereocenters. The van der Waals surface area contributed by atoms with Gasteiger partial charge in [0.05, 0.1) is 4.08 Å². The molecule has 11 heavy (non-hydrogen) atoms. The van der Waals surface area contributed by atoms with Crippen LogP contribution in [0, 0.1) is 0 Å². The third-order valence-corrected chi connectivity index (χ3v) is 4.99. The molecule has 0 aromatic heterocycles. The molecule has 0 radical (unpaired) electrons. The predicted molar refractivity (Wildman–Crippen MR) is 57.3 cm³/mol. The van der Waals surface area contributed by atoms with Gasteiger partial charge in [-0.05, 0) is 25.9 Å². The average molecular weight is 186 g/mol. The first-order chi connectivity index (χ1) is 5.22. The summed E-state index contributed by atoms with van der Waals surface area (Å²) in [7, 11) is 0. The van der Waals surface area contributed by atoms with Crippen LogP contribution in [0.1, 0.15) is 13.3 Å². The zero-order chi connectivity index (χ0) is 8.32. The van der Waals surface area contributed by atoms with Gasteiger partial charge in [0.15, 0.2) is 0 Å². The van der Waals surface area contributed by atoms with Gasteiger partial charge in [0, 0.05) is 0 Å². The Kier molecular flexibility index (Phi) is 3.14. The minimum atomic E-state index is 0.319. The van der Waals surface area contributed by atoms with Gasteiger partial charge in [-0.3, -0.25) is 0 Å². The second-order valence-corrected chi connectivity index (χ2v) is 5.24. The van der Waals surface area contributed by atoms with E-state index >= 15 is 0 Å². The highest BCUT2D eigenvalue weighted by molar-refractivity contribution is 8.17. The van der Waals surface area contributed by atoms with Gasteiger partial charge >= 0.3 is 0 Å². The molecule has 0 heterocycles. The van der Waals surface area contributed by atoms with Crippen LogP contribution in [-0.4, -0.2) is 16.6 Å². The first-order valence-electron chi connectivity index (χ1n) is 3.69. The van der Waals surface area contributed by atoms with Crippen molar-refractivity contribution < 1.29 is 0 Å². The van der Waals surface area contributed by atoms with Crippen LogP contribution in [-0.2, 0) is 0 Å². The summed E-state index contributed by atoms with van der Waals surface area (Å²) in [6.07, 6.45) is 12.4. The molecule has 0 nitrogen and oxygen atoms in total. The minimum absolute atomic E-state index is 0.319. The van der Waals surface area contributed by atoms with E-state index in [0.29, 0.717) is 4.08 Å². The summed E-state index contributed by atoms with van der Waals surface area (Å²) in [4.78, 5) is 0. The molecule has 0 saturated heterocycles. The lowest BCUT2D eigenvalue weighted by molar-refractivity contribution is 0.978. The molecular formula is C9H14S2. The van der Waals surface area contributed by atoms with Gasteiger partial charge < -0.3 is 0 Å². The number of hydrogen-bond donors (Lipinski definition) is 0. The van der Waals surface area contributed by atoms with Crippen molar-refractivity contribution in [2.75, 3.05) is 12.5 Å². The van der Waals surface area contributed by atoms with Crippen LogP contribution in [0.25, 0.3) is 0 Å². The highest BCUT2D eigenvalue weighted by Crippen LogP contribution is 2.41. The van der Waals surface area contributed by atoms with E-state index in [9.17, 15) is 0 Å². The maximum Gasteiger partial charge on any atom is 0.0823 e. The van der Waals surface area contributed by atoms with Crippen molar-refractivity contribution in [1.29, 1.82) is 0 Å². The molecule has 1 aliphatic rings. The smallest absolute Gasteiger partial charge is 0.0823 e. The van der Waals surface area contributed by atoms with Crippen LogP contribution in [0.5, 0.6) is 0 Å². The summed E-state index contributed by atoms with van der Waals surface area (Å²) in [6.45, 7) is 2.15. The lowest BCUT2D eigenvalue weighted by Gasteiger charge is -2.27. The zero-order valence-electron chi connectivity index (χ0n) is 7.26. The van der Waals surface area contributed by atoms with E-state index in [1.807, 2.05) is 23.5 Å². The molecule has 1 rings (SSSR count). The average Bonchev–Trinajstić information content (AvgIpc) is 2.07. The molecule has 0 aliphatic heterocycles. The van der Waals surface area contributed by atoms with Gasteiger partial charge in [-0.15, -0.1) is 23.5 Å². The largest absolute Gasteiger partial charge is 0.143 e. The molecule has 0 aromatic rings. The third kappa shape index (κ3) is 2.06. The van der Waals surface area contributed by atoms with E-state index in [4.69, 9.17) is 0 Å². The molecule has 0 bridgehead atoms. The molecule has 62 valence electrons. The van der Waals surface area contributed by atoms with Crippen molar-refractivity contribution in [2.45, 2.75) is 17.4 Å². The highest BCUT2D eigenvalue weighted by Gasteiger charge is 2.24. The number of hydrogen-bond acceptors (Lipinski definition) is 2. The normalized spacial score (nSPS) is 21.5. The number of allylic oxidation sites excluding steroid dienone is 3. The summed E-state index contributed by atoms with van der Waals surface area (Å²) in [5.74, 6) is 0.